The van der Waals surface area contributed by atoms with Gasteiger partial charge >= 0.3 is 35.7 Å². The zero-order valence-corrected chi connectivity index (χ0v) is 13.5. The third-order valence-corrected chi connectivity index (χ3v) is 2.82. The van der Waals surface area contributed by atoms with Gasteiger partial charge in [0.15, 0.2) is 4.34 Å². The van der Waals surface area contributed by atoms with Crippen molar-refractivity contribution < 1.29 is 47.9 Å². The number of hydrogen-bond donors (Lipinski definition) is 1. The van der Waals surface area contributed by atoms with Crippen molar-refractivity contribution in [1.82, 2.24) is 10.2 Å². The van der Waals surface area contributed by atoms with Crippen LogP contribution in [0.15, 0.2) is 4.34 Å². The number of carbonyl (C=O) groups excluding carboxylic acids is 1. The van der Waals surface area contributed by atoms with Gasteiger partial charge in [-0.05, 0) is 20.8 Å². The van der Waals surface area contributed by atoms with Crippen molar-refractivity contribution >= 4 is 33.6 Å². The van der Waals surface area contributed by atoms with E-state index in [1.807, 2.05) is 0 Å². The fourth-order valence-corrected chi connectivity index (χ4v) is 1.80. The van der Waals surface area contributed by atoms with E-state index < -0.39 is 22.8 Å². The van der Waals surface area contributed by atoms with E-state index in [0.717, 1.165) is 11.3 Å². The quantitative estimate of drug-likeness (QED) is 0.388. The van der Waals surface area contributed by atoms with E-state index in [-0.39, 0.29) is 39.0 Å². The van der Waals surface area contributed by atoms with Gasteiger partial charge < -0.3 is 9.29 Å². The van der Waals surface area contributed by atoms with Crippen LogP contribution in [0.4, 0.5) is 9.93 Å². The topological polar surface area (TPSA) is 104 Å². The minimum atomic E-state index is -2.44. The van der Waals surface area contributed by atoms with E-state index in [4.69, 9.17) is 4.74 Å². The smallest absolute Gasteiger partial charge is 0.767 e. The van der Waals surface area contributed by atoms with E-state index >= 15 is 0 Å². The zero-order valence-electron chi connectivity index (χ0n) is 9.84. The van der Waals surface area contributed by atoms with Crippen LogP contribution in [0.3, 0.4) is 0 Å². The summed E-state index contributed by atoms with van der Waals surface area (Å²) in [6.07, 6.45) is -0.702. The molecule has 1 aromatic rings. The monoisotopic (exact) mass is 287 g/mol. The molecule has 1 N–H and O–H groups in total. The Kier molecular flexibility index (Phi) is 6.74. The van der Waals surface area contributed by atoms with Gasteiger partial charge in [-0.15, -0.1) is 10.2 Å². The molecule has 0 fully saturated rings. The average molecular weight is 287 g/mol. The first-order valence-corrected chi connectivity index (χ1v) is 6.10. The summed E-state index contributed by atoms with van der Waals surface area (Å²) in [6, 6.07) is 0. The molecule has 0 bridgehead atoms. The minimum absolute atomic E-state index is 0. The second-order valence-corrected chi connectivity index (χ2v) is 5.83. The van der Waals surface area contributed by atoms with Crippen LogP contribution in [0.2, 0.25) is 0 Å². The molecule has 1 amide bonds. The maximum absolute atomic E-state index is 11.3. The van der Waals surface area contributed by atoms with Gasteiger partial charge in [0.2, 0.25) is 5.13 Å². The van der Waals surface area contributed by atoms with Crippen molar-refractivity contribution in [2.24, 2.45) is 0 Å². The molecule has 1 rings (SSSR count). The molecule has 0 spiro atoms. The molecule has 10 heteroatoms. The molecule has 0 aliphatic rings. The summed E-state index contributed by atoms with van der Waals surface area (Å²) in [5.41, 5.74) is -0.626. The number of aromatic nitrogens is 2. The van der Waals surface area contributed by atoms with E-state index in [1.54, 1.807) is 20.8 Å². The SMILES string of the molecule is CC(C)(C)OC(=O)Nc1nnc(S(=O)[O-])s1.[Na+]. The Hall–Kier alpha value is -0.0600. The van der Waals surface area contributed by atoms with Crippen molar-refractivity contribution in [3.05, 3.63) is 0 Å². The third kappa shape index (κ3) is 6.43. The Labute approximate surface area is 127 Å². The average Bonchev–Trinajstić information content (AvgIpc) is 2.48. The normalized spacial score (nSPS) is 12.5. The Bertz CT molecular complexity index is 417. The molecule has 0 aliphatic heterocycles. The number of amides is 1. The maximum Gasteiger partial charge on any atom is 1.00 e. The number of hydrogen-bond acceptors (Lipinski definition) is 7. The summed E-state index contributed by atoms with van der Waals surface area (Å²) in [5, 5.41) is 9.18. The van der Waals surface area contributed by atoms with Crippen molar-refractivity contribution in [2.75, 3.05) is 5.32 Å². The molecule has 0 aromatic carbocycles. The summed E-state index contributed by atoms with van der Waals surface area (Å²) >= 11 is -1.69. The first-order chi connectivity index (χ1) is 7.28. The summed E-state index contributed by atoms with van der Waals surface area (Å²) in [7, 11) is 0. The van der Waals surface area contributed by atoms with Crippen LogP contribution >= 0.6 is 11.3 Å². The summed E-state index contributed by atoms with van der Waals surface area (Å²) in [6.45, 7) is 5.14. The fraction of sp³-hybridized carbons (Fsp3) is 0.571. The molecule has 7 nitrogen and oxygen atoms in total. The first kappa shape index (κ1) is 16.9. The first-order valence-electron chi connectivity index (χ1n) is 4.21. The number of nitrogens with one attached hydrogen (secondary N) is 1. The second kappa shape index (κ2) is 6.76. The van der Waals surface area contributed by atoms with E-state index in [1.165, 1.54) is 0 Å². The van der Waals surface area contributed by atoms with Gasteiger partial charge in [-0.25, -0.2) is 4.79 Å². The van der Waals surface area contributed by atoms with Crippen molar-refractivity contribution in [2.45, 2.75) is 30.7 Å². The Morgan fingerprint density at radius 3 is 2.47 bits per heavy atom. The number of nitrogens with zero attached hydrogens (tertiary/aromatic N) is 2. The summed E-state index contributed by atoms with van der Waals surface area (Å²) < 4.78 is 25.7. The van der Waals surface area contributed by atoms with Crippen LogP contribution in [-0.2, 0) is 15.8 Å². The van der Waals surface area contributed by atoms with Gasteiger partial charge in [0, 0.05) is 11.1 Å². The Balaban J connectivity index is 0.00000256. The van der Waals surface area contributed by atoms with Crippen LogP contribution in [0.1, 0.15) is 20.8 Å². The number of anilines is 1. The van der Waals surface area contributed by atoms with E-state index in [9.17, 15) is 13.6 Å². The second-order valence-electron chi connectivity index (χ2n) is 3.73. The Morgan fingerprint density at radius 2 is 2.06 bits per heavy atom. The Morgan fingerprint density at radius 1 is 1.47 bits per heavy atom. The molecule has 1 unspecified atom stereocenters. The van der Waals surface area contributed by atoms with Gasteiger partial charge in [-0.2, -0.15) is 0 Å². The van der Waals surface area contributed by atoms with Gasteiger partial charge in [-0.1, -0.05) is 11.3 Å². The fourth-order valence-electron chi connectivity index (χ4n) is 0.719. The molecule has 1 atom stereocenters. The largest absolute Gasteiger partial charge is 1.00 e. The molecule has 0 saturated heterocycles. The molecule has 0 saturated carbocycles. The van der Waals surface area contributed by atoms with Crippen LogP contribution in [0, 0.1) is 0 Å². The number of carbonyl (C=O) groups is 1. The standard InChI is InChI=1S/C7H11N3O4S2.Na/c1-7(2,3)14-5(11)8-4-9-10-6(15-4)16(12)13;/h1-3H3,(H,12,13)(H,8,9,11);/q;+1/p-1. The minimum Gasteiger partial charge on any atom is -0.767 e. The van der Waals surface area contributed by atoms with E-state index in [0.29, 0.717) is 0 Å². The predicted molar refractivity (Wildman–Crippen MR) is 57.0 cm³/mol. The predicted octanol–water partition coefficient (Wildman–Crippen LogP) is -1.87. The zero-order chi connectivity index (χ0) is 12.3. The molecular weight excluding hydrogens is 277 g/mol. The van der Waals surface area contributed by atoms with Crippen molar-refractivity contribution in [3.8, 4) is 0 Å². The van der Waals surface area contributed by atoms with Crippen LogP contribution in [0.25, 0.3) is 0 Å². The van der Waals surface area contributed by atoms with Crippen molar-refractivity contribution in [1.29, 1.82) is 0 Å². The molecule has 1 heterocycles. The van der Waals surface area contributed by atoms with Crippen molar-refractivity contribution in [3.63, 3.8) is 0 Å². The summed E-state index contributed by atoms with van der Waals surface area (Å²) in [5.74, 6) is 0. The molecule has 1 aromatic heterocycles. The molecule has 17 heavy (non-hydrogen) atoms. The molecule has 90 valence electrons. The van der Waals surface area contributed by atoms with Gasteiger partial charge in [0.1, 0.15) is 5.60 Å². The van der Waals surface area contributed by atoms with Crippen LogP contribution in [0.5, 0.6) is 0 Å². The molecule has 0 radical (unpaired) electrons. The molecule has 0 aliphatic carbocycles. The summed E-state index contributed by atoms with van der Waals surface area (Å²) in [4.78, 5) is 11.3. The van der Waals surface area contributed by atoms with Crippen LogP contribution < -0.4 is 34.9 Å². The van der Waals surface area contributed by atoms with Crippen LogP contribution in [-0.4, -0.2) is 30.7 Å². The molecular formula is C7H10N3NaO4S2. The van der Waals surface area contributed by atoms with Gasteiger partial charge in [0.25, 0.3) is 0 Å². The number of rotatable bonds is 2. The van der Waals surface area contributed by atoms with Gasteiger partial charge in [0.05, 0.1) is 0 Å². The van der Waals surface area contributed by atoms with Gasteiger partial charge in [-0.3, -0.25) is 9.53 Å². The third-order valence-electron chi connectivity index (χ3n) is 1.16. The number of ether oxygens (including phenoxy) is 1. The maximum atomic E-state index is 11.3. The van der Waals surface area contributed by atoms with E-state index in [2.05, 4.69) is 15.5 Å².